The summed E-state index contributed by atoms with van der Waals surface area (Å²) in [5, 5.41) is 5.54. The van der Waals surface area contributed by atoms with E-state index >= 15 is 0 Å². The summed E-state index contributed by atoms with van der Waals surface area (Å²) < 4.78 is 0. The zero-order valence-electron chi connectivity index (χ0n) is 18.3. The quantitative estimate of drug-likeness (QED) is 0.732. The molecule has 1 aromatic heterocycles. The minimum Gasteiger partial charge on any atom is -0.350 e. The van der Waals surface area contributed by atoms with Gasteiger partial charge in [-0.25, -0.2) is 4.98 Å². The Balaban J connectivity index is 2.10. The van der Waals surface area contributed by atoms with E-state index in [1.807, 2.05) is 52.8 Å². The van der Waals surface area contributed by atoms with Gasteiger partial charge in [-0.2, -0.15) is 0 Å². The second kappa shape index (κ2) is 10.0. The summed E-state index contributed by atoms with van der Waals surface area (Å²) in [4.78, 5) is 43.1. The fraction of sp³-hybridized carbons (Fsp3) is 0.391. The Bertz CT molecular complexity index is 904. The third-order valence-corrected chi connectivity index (χ3v) is 4.42. The van der Waals surface area contributed by atoms with E-state index in [9.17, 15) is 14.4 Å². The van der Waals surface area contributed by atoms with Crippen molar-refractivity contribution in [2.45, 2.75) is 53.0 Å². The van der Waals surface area contributed by atoms with Crippen molar-refractivity contribution in [1.82, 2.24) is 10.3 Å². The summed E-state index contributed by atoms with van der Waals surface area (Å²) in [6, 6.07) is 10.8. The first-order chi connectivity index (χ1) is 14.0. The number of aromatic nitrogens is 1. The number of hydrogen-bond acceptors (Lipinski definition) is 4. The minimum absolute atomic E-state index is 0.00234. The van der Waals surface area contributed by atoms with Crippen LogP contribution in [0.4, 0.5) is 11.5 Å². The molecule has 7 nitrogen and oxygen atoms in total. The van der Waals surface area contributed by atoms with E-state index < -0.39 is 5.54 Å². The van der Waals surface area contributed by atoms with Crippen molar-refractivity contribution in [3.05, 3.63) is 53.7 Å². The van der Waals surface area contributed by atoms with Crippen LogP contribution in [0.3, 0.4) is 0 Å². The lowest BCUT2D eigenvalue weighted by Gasteiger charge is -2.26. The number of benzene rings is 1. The van der Waals surface area contributed by atoms with Crippen LogP contribution in [0.25, 0.3) is 0 Å². The molecule has 0 atom stereocenters. The molecule has 2 rings (SSSR count). The third-order valence-electron chi connectivity index (χ3n) is 4.42. The molecule has 0 unspecified atom stereocenters. The average Bonchev–Trinajstić information content (AvgIpc) is 2.66. The number of anilines is 2. The number of rotatable bonds is 7. The largest absolute Gasteiger partial charge is 0.350 e. The maximum absolute atomic E-state index is 12.9. The van der Waals surface area contributed by atoms with Crippen LogP contribution in [0.2, 0.25) is 0 Å². The second-order valence-corrected chi connectivity index (χ2v) is 8.31. The third kappa shape index (κ3) is 7.31. The van der Waals surface area contributed by atoms with Crippen LogP contribution in [-0.2, 0) is 14.4 Å². The molecule has 0 radical (unpaired) electrons. The molecule has 0 saturated carbocycles. The molecule has 0 bridgehead atoms. The van der Waals surface area contributed by atoms with Gasteiger partial charge in [0.2, 0.25) is 17.7 Å². The first kappa shape index (κ1) is 23.1. The van der Waals surface area contributed by atoms with Gasteiger partial charge < -0.3 is 15.5 Å². The lowest BCUT2D eigenvalue weighted by molar-refractivity contribution is -0.125. The first-order valence-electron chi connectivity index (χ1n) is 9.94. The lowest BCUT2D eigenvalue weighted by atomic mass is 10.1. The Labute approximate surface area is 177 Å². The van der Waals surface area contributed by atoms with Crippen molar-refractivity contribution in [3.8, 4) is 0 Å². The van der Waals surface area contributed by atoms with Gasteiger partial charge in [-0.15, -0.1) is 0 Å². The molecule has 0 aliphatic rings. The number of amides is 3. The fourth-order valence-corrected chi connectivity index (χ4v) is 2.82. The predicted octanol–water partition coefficient (Wildman–Crippen LogP) is 3.37. The van der Waals surface area contributed by atoms with E-state index in [-0.39, 0.29) is 37.1 Å². The molecule has 2 N–H and O–H groups in total. The second-order valence-electron chi connectivity index (χ2n) is 8.31. The van der Waals surface area contributed by atoms with Crippen molar-refractivity contribution in [1.29, 1.82) is 0 Å². The minimum atomic E-state index is -0.405. The zero-order chi connectivity index (χ0) is 22.3. The molecule has 160 valence electrons. The van der Waals surface area contributed by atoms with E-state index in [0.29, 0.717) is 11.5 Å². The van der Waals surface area contributed by atoms with Gasteiger partial charge in [-0.3, -0.25) is 14.4 Å². The number of nitrogens with one attached hydrogen (secondary N) is 2. The van der Waals surface area contributed by atoms with Crippen molar-refractivity contribution in [2.24, 2.45) is 0 Å². The predicted molar refractivity (Wildman–Crippen MR) is 118 cm³/mol. The average molecular weight is 411 g/mol. The molecule has 3 amide bonds. The molecule has 0 aliphatic carbocycles. The Hall–Kier alpha value is -3.22. The van der Waals surface area contributed by atoms with Crippen LogP contribution >= 0.6 is 0 Å². The molecule has 1 aromatic carbocycles. The number of hydrogen-bond donors (Lipinski definition) is 2. The van der Waals surface area contributed by atoms with E-state index in [2.05, 4.69) is 15.6 Å². The fourth-order valence-electron chi connectivity index (χ4n) is 2.82. The highest BCUT2D eigenvalue weighted by molar-refractivity contribution is 6.01. The van der Waals surface area contributed by atoms with Gasteiger partial charge in [-0.05, 0) is 70.0 Å². The molecular weight excluding hydrogens is 380 g/mol. The van der Waals surface area contributed by atoms with Crippen LogP contribution in [0.1, 0.15) is 44.7 Å². The number of carbonyl (C=O) groups is 3. The van der Waals surface area contributed by atoms with Gasteiger partial charge in [0.05, 0.1) is 0 Å². The van der Waals surface area contributed by atoms with E-state index in [1.165, 1.54) is 4.90 Å². The van der Waals surface area contributed by atoms with Crippen molar-refractivity contribution < 1.29 is 14.4 Å². The van der Waals surface area contributed by atoms with Crippen molar-refractivity contribution >= 4 is 29.2 Å². The summed E-state index contributed by atoms with van der Waals surface area (Å²) in [6.07, 6.45) is 1.56. The highest BCUT2D eigenvalue weighted by atomic mass is 16.2. The summed E-state index contributed by atoms with van der Waals surface area (Å²) >= 11 is 0. The molecular formula is C23H30N4O3. The van der Waals surface area contributed by atoms with E-state index in [1.54, 1.807) is 24.4 Å². The smallest absolute Gasteiger partial charge is 0.240 e. The summed E-state index contributed by atoms with van der Waals surface area (Å²) in [5.74, 6) is -0.419. The number of pyridine rings is 1. The summed E-state index contributed by atoms with van der Waals surface area (Å²) in [5.41, 5.74) is 2.35. The summed E-state index contributed by atoms with van der Waals surface area (Å²) in [7, 11) is 0. The van der Waals surface area contributed by atoms with Gasteiger partial charge in [0.15, 0.2) is 0 Å². The number of nitrogens with zero attached hydrogens (tertiary/aromatic N) is 2. The zero-order valence-corrected chi connectivity index (χ0v) is 18.3. The van der Waals surface area contributed by atoms with Crippen molar-refractivity contribution in [2.75, 3.05) is 16.8 Å². The number of aryl methyl sites for hydroxylation is 2. The highest BCUT2D eigenvalue weighted by Crippen LogP contribution is 2.20. The van der Waals surface area contributed by atoms with E-state index in [0.717, 1.165) is 11.1 Å². The summed E-state index contributed by atoms with van der Waals surface area (Å²) in [6.45, 7) is 9.48. The van der Waals surface area contributed by atoms with Crippen LogP contribution in [0.5, 0.6) is 0 Å². The molecule has 30 heavy (non-hydrogen) atoms. The van der Waals surface area contributed by atoms with Crippen LogP contribution in [-0.4, -0.2) is 34.8 Å². The standard InChI is InChI=1S/C23H30N4O3/c1-16-9-10-18(14-17(16)2)27(15-21(29)26-23(3,4)5)22(30)12-11-20(28)25-19-8-6-7-13-24-19/h6-10,13-14H,11-12,15H2,1-5H3,(H,26,29)(H,24,25,28). The Morgan fingerprint density at radius 2 is 1.70 bits per heavy atom. The van der Waals surface area contributed by atoms with Crippen LogP contribution < -0.4 is 15.5 Å². The topological polar surface area (TPSA) is 91.4 Å². The van der Waals surface area contributed by atoms with Crippen LogP contribution in [0.15, 0.2) is 42.6 Å². The molecule has 7 heteroatoms. The Kier molecular flexibility index (Phi) is 7.69. The van der Waals surface area contributed by atoms with E-state index in [4.69, 9.17) is 0 Å². The van der Waals surface area contributed by atoms with Gasteiger partial charge in [0, 0.05) is 30.3 Å². The van der Waals surface area contributed by atoms with Gasteiger partial charge >= 0.3 is 0 Å². The van der Waals surface area contributed by atoms with Gasteiger partial charge in [0.1, 0.15) is 12.4 Å². The normalized spacial score (nSPS) is 11.0. The Morgan fingerprint density at radius 1 is 0.967 bits per heavy atom. The lowest BCUT2D eigenvalue weighted by Crippen LogP contribution is -2.47. The maximum atomic E-state index is 12.9. The molecule has 0 saturated heterocycles. The Morgan fingerprint density at radius 3 is 2.30 bits per heavy atom. The highest BCUT2D eigenvalue weighted by Gasteiger charge is 2.23. The van der Waals surface area contributed by atoms with Crippen molar-refractivity contribution in [3.63, 3.8) is 0 Å². The maximum Gasteiger partial charge on any atom is 0.240 e. The molecule has 0 fully saturated rings. The molecule has 0 aliphatic heterocycles. The molecule has 0 spiro atoms. The SMILES string of the molecule is Cc1ccc(N(CC(=O)NC(C)(C)C)C(=O)CCC(=O)Nc2ccccn2)cc1C. The first-order valence-corrected chi connectivity index (χ1v) is 9.94. The molecule has 1 heterocycles. The molecule has 2 aromatic rings. The van der Waals surface area contributed by atoms with Gasteiger partial charge in [0.25, 0.3) is 0 Å². The monoisotopic (exact) mass is 410 g/mol. The van der Waals surface area contributed by atoms with Gasteiger partial charge in [-0.1, -0.05) is 12.1 Å². The number of carbonyl (C=O) groups excluding carboxylic acids is 3. The van der Waals surface area contributed by atoms with Crippen LogP contribution in [0, 0.1) is 13.8 Å².